The van der Waals surface area contributed by atoms with Crippen LogP contribution in [0.15, 0.2) is 36.4 Å². The van der Waals surface area contributed by atoms with E-state index in [1.54, 1.807) is 0 Å². The van der Waals surface area contributed by atoms with Crippen molar-refractivity contribution >= 4 is 11.7 Å². The molecular weight excluding hydrogens is 307 g/mol. The molecule has 0 aliphatic carbocycles. The van der Waals surface area contributed by atoms with E-state index in [-0.39, 0.29) is 17.8 Å². The molecule has 2 N–H and O–H groups in total. The van der Waals surface area contributed by atoms with Crippen molar-refractivity contribution in [2.45, 2.75) is 26.6 Å². The fraction of sp³-hybridized carbons (Fsp3) is 0.235. The van der Waals surface area contributed by atoms with Crippen LogP contribution in [0.4, 0.5) is 18.9 Å². The van der Waals surface area contributed by atoms with Gasteiger partial charge in [-0.1, -0.05) is 18.2 Å². The number of anilines is 1. The highest BCUT2D eigenvalue weighted by Crippen LogP contribution is 2.35. The lowest BCUT2D eigenvalue weighted by atomic mass is 10.0. The van der Waals surface area contributed by atoms with Gasteiger partial charge in [-0.05, 0) is 48.7 Å². The molecule has 0 unspecified atom stereocenters. The molecule has 0 bridgehead atoms. The molecule has 2 aromatic carbocycles. The number of hydrogen-bond donors (Lipinski definition) is 2. The third-order valence-electron chi connectivity index (χ3n) is 3.67. The van der Waals surface area contributed by atoms with Crippen LogP contribution in [0.1, 0.15) is 32.6 Å². The summed E-state index contributed by atoms with van der Waals surface area (Å²) in [5.74, 6) is -1.27. The van der Waals surface area contributed by atoms with Crippen molar-refractivity contribution in [3.8, 4) is 0 Å². The summed E-state index contributed by atoms with van der Waals surface area (Å²) >= 11 is 0. The Bertz CT molecular complexity index is 719. The second kappa shape index (κ2) is 6.32. The number of carboxylic acids is 1. The number of halogens is 3. The highest BCUT2D eigenvalue weighted by atomic mass is 19.4. The number of carbonyl (C=O) groups is 1. The molecule has 0 aliphatic rings. The number of aryl methyl sites for hydroxylation is 2. The van der Waals surface area contributed by atoms with Gasteiger partial charge in [-0.2, -0.15) is 13.2 Å². The standard InChI is InChI=1S/C17H16F3NO2/c1-10-4-3-5-11(2)13(10)9-21-15-8-12(16(22)23)6-7-14(15)17(18,19)20/h3-8,21H,9H2,1-2H3,(H,22,23). The van der Waals surface area contributed by atoms with Gasteiger partial charge in [-0.15, -0.1) is 0 Å². The third kappa shape index (κ3) is 3.83. The monoisotopic (exact) mass is 323 g/mol. The Morgan fingerprint density at radius 3 is 2.26 bits per heavy atom. The quantitative estimate of drug-likeness (QED) is 0.862. The molecule has 0 saturated carbocycles. The molecule has 2 aromatic rings. The first-order chi connectivity index (χ1) is 10.7. The Morgan fingerprint density at radius 2 is 1.74 bits per heavy atom. The van der Waals surface area contributed by atoms with Gasteiger partial charge in [0, 0.05) is 12.2 Å². The molecule has 3 nitrogen and oxygen atoms in total. The van der Waals surface area contributed by atoms with Gasteiger partial charge in [0.15, 0.2) is 0 Å². The lowest BCUT2D eigenvalue weighted by Crippen LogP contribution is -2.13. The van der Waals surface area contributed by atoms with Crippen LogP contribution in [0.5, 0.6) is 0 Å². The van der Waals surface area contributed by atoms with Crippen LogP contribution in [0.3, 0.4) is 0 Å². The topological polar surface area (TPSA) is 49.3 Å². The van der Waals surface area contributed by atoms with Crippen molar-refractivity contribution in [2.24, 2.45) is 0 Å². The SMILES string of the molecule is Cc1cccc(C)c1CNc1cc(C(=O)O)ccc1C(F)(F)F. The van der Waals surface area contributed by atoms with Crippen molar-refractivity contribution in [3.63, 3.8) is 0 Å². The summed E-state index contributed by atoms with van der Waals surface area (Å²) in [4.78, 5) is 11.0. The Hall–Kier alpha value is -2.50. The Labute approximate surface area is 131 Å². The van der Waals surface area contributed by atoms with Crippen molar-refractivity contribution in [3.05, 3.63) is 64.2 Å². The number of carboxylic acid groups (broad SMARTS) is 1. The normalized spacial score (nSPS) is 11.3. The summed E-state index contributed by atoms with van der Waals surface area (Å²) in [6.45, 7) is 3.94. The highest BCUT2D eigenvalue weighted by Gasteiger charge is 2.33. The minimum absolute atomic E-state index is 0.185. The van der Waals surface area contributed by atoms with Gasteiger partial charge in [0.05, 0.1) is 11.1 Å². The zero-order valence-corrected chi connectivity index (χ0v) is 12.7. The van der Waals surface area contributed by atoms with Crippen LogP contribution in [-0.4, -0.2) is 11.1 Å². The average Bonchev–Trinajstić information content (AvgIpc) is 2.45. The average molecular weight is 323 g/mol. The van der Waals surface area contributed by atoms with Crippen LogP contribution >= 0.6 is 0 Å². The minimum atomic E-state index is -4.56. The van der Waals surface area contributed by atoms with Crippen LogP contribution < -0.4 is 5.32 Å². The van der Waals surface area contributed by atoms with Gasteiger partial charge in [-0.25, -0.2) is 4.79 Å². The molecule has 0 spiro atoms. The smallest absolute Gasteiger partial charge is 0.418 e. The first-order valence-corrected chi connectivity index (χ1v) is 6.93. The summed E-state index contributed by atoms with van der Waals surface area (Å²) in [6.07, 6.45) is -4.56. The maximum absolute atomic E-state index is 13.1. The molecule has 0 amide bonds. The molecule has 0 aromatic heterocycles. The summed E-state index contributed by atoms with van der Waals surface area (Å²) < 4.78 is 39.2. The first-order valence-electron chi connectivity index (χ1n) is 6.93. The van der Waals surface area contributed by atoms with E-state index in [2.05, 4.69) is 5.32 Å². The molecule has 23 heavy (non-hydrogen) atoms. The van der Waals surface area contributed by atoms with Gasteiger partial charge in [0.1, 0.15) is 0 Å². The predicted molar refractivity (Wildman–Crippen MR) is 81.6 cm³/mol. The molecule has 6 heteroatoms. The van der Waals surface area contributed by atoms with Crippen LogP contribution in [0.2, 0.25) is 0 Å². The zero-order valence-electron chi connectivity index (χ0n) is 12.7. The van der Waals surface area contributed by atoms with Gasteiger partial charge in [0.25, 0.3) is 0 Å². The predicted octanol–water partition coefficient (Wildman–Crippen LogP) is 4.63. The van der Waals surface area contributed by atoms with Gasteiger partial charge in [-0.3, -0.25) is 0 Å². The van der Waals surface area contributed by atoms with E-state index in [9.17, 15) is 18.0 Å². The van der Waals surface area contributed by atoms with Crippen molar-refractivity contribution < 1.29 is 23.1 Å². The van der Waals surface area contributed by atoms with E-state index in [0.29, 0.717) is 0 Å². The van der Waals surface area contributed by atoms with E-state index >= 15 is 0 Å². The largest absolute Gasteiger partial charge is 0.478 e. The number of benzene rings is 2. The Balaban J connectivity index is 2.37. The molecular formula is C17H16F3NO2. The lowest BCUT2D eigenvalue weighted by Gasteiger charge is -2.17. The number of rotatable bonds is 4. The van der Waals surface area contributed by atoms with Crippen LogP contribution in [0, 0.1) is 13.8 Å². The maximum Gasteiger partial charge on any atom is 0.418 e. The van der Waals surface area contributed by atoms with Crippen molar-refractivity contribution in [1.29, 1.82) is 0 Å². The molecule has 0 heterocycles. The summed E-state index contributed by atoms with van der Waals surface area (Å²) in [5, 5.41) is 11.7. The van der Waals surface area contributed by atoms with E-state index in [0.717, 1.165) is 34.9 Å². The number of nitrogens with one attached hydrogen (secondary N) is 1. The van der Waals surface area contributed by atoms with E-state index in [1.807, 2.05) is 32.0 Å². The van der Waals surface area contributed by atoms with Crippen LogP contribution in [-0.2, 0) is 12.7 Å². The molecule has 0 fully saturated rings. The van der Waals surface area contributed by atoms with Gasteiger partial charge < -0.3 is 10.4 Å². The highest BCUT2D eigenvalue weighted by molar-refractivity contribution is 5.89. The third-order valence-corrected chi connectivity index (χ3v) is 3.67. The molecule has 0 radical (unpaired) electrons. The Kier molecular flexibility index (Phi) is 4.63. The van der Waals surface area contributed by atoms with Gasteiger partial charge in [0.2, 0.25) is 0 Å². The van der Waals surface area contributed by atoms with E-state index in [4.69, 9.17) is 5.11 Å². The number of hydrogen-bond acceptors (Lipinski definition) is 2. The zero-order chi connectivity index (χ0) is 17.2. The molecule has 122 valence electrons. The second-order valence-electron chi connectivity index (χ2n) is 5.29. The second-order valence-corrected chi connectivity index (χ2v) is 5.29. The van der Waals surface area contributed by atoms with Gasteiger partial charge >= 0.3 is 12.1 Å². The maximum atomic E-state index is 13.1. The fourth-order valence-corrected chi connectivity index (χ4v) is 2.38. The molecule has 2 rings (SSSR count). The number of alkyl halides is 3. The molecule has 0 saturated heterocycles. The summed E-state index contributed by atoms with van der Waals surface area (Å²) in [5.41, 5.74) is 1.50. The molecule has 0 atom stereocenters. The van der Waals surface area contributed by atoms with Crippen molar-refractivity contribution in [1.82, 2.24) is 0 Å². The van der Waals surface area contributed by atoms with Crippen molar-refractivity contribution in [2.75, 3.05) is 5.32 Å². The summed E-state index contributed by atoms with van der Waals surface area (Å²) in [7, 11) is 0. The Morgan fingerprint density at radius 1 is 1.13 bits per heavy atom. The number of aromatic carboxylic acids is 1. The fourth-order valence-electron chi connectivity index (χ4n) is 2.38. The summed E-state index contributed by atoms with van der Waals surface area (Å²) in [6, 6.07) is 8.38. The minimum Gasteiger partial charge on any atom is -0.478 e. The first kappa shape index (κ1) is 16.9. The molecule has 0 aliphatic heterocycles. The van der Waals surface area contributed by atoms with E-state index in [1.165, 1.54) is 0 Å². The lowest BCUT2D eigenvalue weighted by molar-refractivity contribution is -0.137. The van der Waals surface area contributed by atoms with Crippen LogP contribution in [0.25, 0.3) is 0 Å². The van der Waals surface area contributed by atoms with E-state index < -0.39 is 17.7 Å².